The van der Waals surface area contributed by atoms with Crippen LogP contribution in [0.1, 0.15) is 46.5 Å². The van der Waals surface area contributed by atoms with Crippen molar-refractivity contribution in [2.24, 2.45) is 5.41 Å². The van der Waals surface area contributed by atoms with E-state index in [2.05, 4.69) is 13.8 Å². The van der Waals surface area contributed by atoms with Gasteiger partial charge in [-0.25, -0.2) is 0 Å². The van der Waals surface area contributed by atoms with Gasteiger partial charge in [0.1, 0.15) is 0 Å². The molecule has 0 N–H and O–H groups in total. The molecule has 0 unspecified atom stereocenters. The topological polar surface area (TPSA) is 26.3 Å². The average Bonchev–Trinajstić information content (AvgIpc) is 2.03. The Morgan fingerprint density at radius 2 is 1.50 bits per heavy atom. The van der Waals surface area contributed by atoms with Gasteiger partial charge in [0.2, 0.25) is 0 Å². The number of esters is 1. The van der Waals surface area contributed by atoms with E-state index in [1.165, 1.54) is 0 Å². The van der Waals surface area contributed by atoms with E-state index in [-0.39, 0.29) is 12.1 Å². The molecule has 0 amide bonds. The smallest absolute Gasteiger partial charge is 0.311 e. The van der Waals surface area contributed by atoms with Crippen LogP contribution in [-0.2, 0) is 9.53 Å². The van der Waals surface area contributed by atoms with Crippen molar-refractivity contribution in [1.82, 2.24) is 0 Å². The van der Waals surface area contributed by atoms with E-state index in [9.17, 15) is 4.79 Å². The van der Waals surface area contributed by atoms with Gasteiger partial charge in [-0.05, 0) is 33.6 Å². The van der Waals surface area contributed by atoms with E-state index in [0.717, 1.165) is 25.7 Å². The Balaban J connectivity index is -0.000000845. The van der Waals surface area contributed by atoms with Crippen LogP contribution < -0.4 is 0 Å². The normalized spacial score (nSPS) is 10.4. The summed E-state index contributed by atoms with van der Waals surface area (Å²) in [4.78, 5) is 11.6. The molecule has 0 bridgehead atoms. The van der Waals surface area contributed by atoms with Crippen molar-refractivity contribution in [2.45, 2.75) is 52.6 Å². The van der Waals surface area contributed by atoms with Crippen molar-refractivity contribution in [3.8, 4) is 0 Å². The fourth-order valence-corrected chi connectivity index (χ4v) is 1.05. The van der Waals surface area contributed by atoms with Crippen LogP contribution in [0.2, 0.25) is 0 Å². The summed E-state index contributed by atoms with van der Waals surface area (Å²) < 4.78 is 5.38. The Bertz CT molecular complexity index is 170. The molecular formula is C12H22Cm2O2-2. The third-order valence-corrected chi connectivity index (χ3v) is 1.94. The SMILES string of the molecule is [CH2-]CCC(CC[CH2-])OC(=O)C(C)(C)C.[Cm].[Cm]. The van der Waals surface area contributed by atoms with E-state index in [1.54, 1.807) is 0 Å². The molecule has 0 aliphatic rings. The Morgan fingerprint density at radius 1 is 1.12 bits per heavy atom. The first-order valence-electron chi connectivity index (χ1n) is 5.21. The fourth-order valence-electron chi connectivity index (χ4n) is 1.05. The molecule has 0 aliphatic heterocycles. The van der Waals surface area contributed by atoms with Gasteiger partial charge in [0.05, 0.1) is 11.5 Å². The van der Waals surface area contributed by atoms with Gasteiger partial charge in [-0.3, -0.25) is 4.79 Å². The summed E-state index contributed by atoms with van der Waals surface area (Å²) in [5.74, 6) is -0.135. The molecule has 0 heterocycles. The van der Waals surface area contributed by atoms with E-state index in [0.29, 0.717) is 0 Å². The summed E-state index contributed by atoms with van der Waals surface area (Å²) in [5, 5.41) is 0. The zero-order valence-corrected chi connectivity index (χ0v) is 16.2. The molecule has 0 aromatic carbocycles. The van der Waals surface area contributed by atoms with E-state index in [1.807, 2.05) is 20.8 Å². The fraction of sp³-hybridized carbons (Fsp3) is 0.750. The van der Waals surface area contributed by atoms with Crippen LogP contribution in [-0.4, -0.2) is 12.1 Å². The predicted octanol–water partition coefficient (Wildman–Crippen LogP) is 3.17. The number of hydrogen-bond donors (Lipinski definition) is 0. The number of carbonyl (C=O) groups is 1. The predicted molar refractivity (Wildman–Crippen MR) is 58.5 cm³/mol. The number of carbonyl (C=O) groups excluding carboxylic acids is 1. The molecule has 16 heavy (non-hydrogen) atoms. The summed E-state index contributed by atoms with van der Waals surface area (Å²) in [6.07, 6.45) is 3.25. The minimum atomic E-state index is -0.416. The molecule has 100 valence electrons. The first-order chi connectivity index (χ1) is 6.41. The number of hydrogen-bond acceptors (Lipinski definition) is 2. The molecule has 0 atom stereocenters. The van der Waals surface area contributed by atoms with E-state index in [4.69, 9.17) is 4.74 Å². The Kier molecular flexibility index (Phi) is 9.36. The van der Waals surface area contributed by atoms with Crippen LogP contribution in [0.5, 0.6) is 0 Å². The van der Waals surface area contributed by atoms with Gasteiger partial charge in [-0.15, -0.1) is 0 Å². The number of ether oxygens (including phenoxy) is 1. The standard InChI is InChI=1S/C12H22O2.2Cm/c1-6-8-10(9-7-2)14-11(13)12(3,4)5;;/h10H,1-2,6-9H2,3-5H3;;/q-2;;. The second-order valence-electron chi connectivity index (χ2n) is 4.56. The monoisotopic (exact) mass is 684 g/mol. The Morgan fingerprint density at radius 3 is 1.75 bits per heavy atom. The molecule has 0 saturated carbocycles. The molecule has 0 aromatic heterocycles. The van der Waals surface area contributed by atoms with E-state index < -0.39 is 5.41 Å². The summed E-state index contributed by atoms with van der Waals surface area (Å²) in [6, 6.07) is 0. The first kappa shape index (κ1) is 19.1. The average molecular weight is 692 g/mol. The van der Waals surface area contributed by atoms with Gasteiger partial charge in [0.25, 0.3) is 0 Å². The Hall–Kier alpha value is -2.53. The quantitative estimate of drug-likeness (QED) is 0.328. The minimum absolute atomic E-state index is 0. The summed E-state index contributed by atoms with van der Waals surface area (Å²) in [6.45, 7) is 13.1. The molecular weight excluding hydrogens is 670 g/mol. The zero-order valence-electron chi connectivity index (χ0n) is 10.3. The van der Waals surface area contributed by atoms with Gasteiger partial charge >= 0.3 is 5.97 Å². The van der Waals surface area contributed by atoms with Crippen LogP contribution in [0.15, 0.2) is 0 Å². The molecule has 2 nitrogen and oxygen atoms in total. The van der Waals surface area contributed by atoms with Crippen molar-refractivity contribution >= 4 is 5.97 Å². The van der Waals surface area contributed by atoms with Gasteiger partial charge in [-0.1, -0.05) is 0 Å². The van der Waals surface area contributed by atoms with Gasteiger partial charge < -0.3 is 18.6 Å². The summed E-state index contributed by atoms with van der Waals surface area (Å²) in [7, 11) is 0. The van der Waals surface area contributed by atoms with Gasteiger partial charge in [0, 0.05) is 0 Å². The number of rotatable bonds is 5. The van der Waals surface area contributed by atoms with Crippen LogP contribution in [0.4, 0.5) is 0 Å². The minimum Gasteiger partial charge on any atom is -0.462 e. The van der Waals surface area contributed by atoms with Crippen molar-refractivity contribution < 1.29 is 9.53 Å². The molecule has 0 aromatic rings. The maximum atomic E-state index is 11.6. The second-order valence-corrected chi connectivity index (χ2v) is 4.56. The molecule has 0 radical (unpaired) electrons. The van der Waals surface area contributed by atoms with Crippen molar-refractivity contribution in [3.63, 3.8) is 0 Å². The maximum Gasteiger partial charge on any atom is 0.311 e. The molecule has 0 rings (SSSR count). The van der Waals surface area contributed by atoms with Crippen LogP contribution in [0, 0.1) is 19.3 Å². The van der Waals surface area contributed by atoms with E-state index >= 15 is 0 Å². The van der Waals surface area contributed by atoms with Crippen LogP contribution in [0.3, 0.4) is 0 Å². The second kappa shape index (κ2) is 7.84. The maximum absolute atomic E-state index is 11.6. The molecule has 4 heteroatoms. The van der Waals surface area contributed by atoms with Crippen molar-refractivity contribution in [1.29, 1.82) is 0 Å². The third kappa shape index (κ3) is 6.93. The summed E-state index contributed by atoms with van der Waals surface area (Å²) in [5.41, 5.74) is -0.416. The van der Waals surface area contributed by atoms with Gasteiger partial charge in [-0.2, -0.15) is 12.8 Å². The zero-order chi connectivity index (χ0) is 11.2. The van der Waals surface area contributed by atoms with Crippen LogP contribution in [0.25, 0.3) is 0 Å². The molecule has 0 spiro atoms. The largest absolute Gasteiger partial charge is 0.462 e. The molecule has 0 fully saturated rings. The van der Waals surface area contributed by atoms with Crippen LogP contribution >= 0.6 is 0 Å². The van der Waals surface area contributed by atoms with Crippen molar-refractivity contribution in [2.75, 3.05) is 0 Å². The molecule has 0 saturated heterocycles. The Labute approximate surface area is 88.0 Å². The van der Waals surface area contributed by atoms with Gasteiger partial charge in [0.15, 0.2) is 0 Å². The first-order valence-corrected chi connectivity index (χ1v) is 5.21. The molecule has 0 aliphatic carbocycles. The van der Waals surface area contributed by atoms with Crippen molar-refractivity contribution in [3.05, 3.63) is 13.8 Å². The summed E-state index contributed by atoms with van der Waals surface area (Å²) >= 11 is 0. The third-order valence-electron chi connectivity index (χ3n) is 1.94.